The summed E-state index contributed by atoms with van der Waals surface area (Å²) in [6.45, 7) is 2.69. The largest absolute Gasteiger partial charge is 0.497 e. The number of nitrogens with zero attached hydrogens (tertiary/aromatic N) is 2. The Bertz CT molecular complexity index is 641. The van der Waals surface area contributed by atoms with Gasteiger partial charge in [0.15, 0.2) is 0 Å². The standard InChI is InChI=1S/C16H19N3O4S/c1-23-12-4-2-11(3-5-12)18-6-8-19(9-7-18)14(20)10-13-15(21)17-16(22)24-13/h2-5,13H,6-10H2,1H3,(H,17,21,22)/t13-/m1/s1. The van der Waals surface area contributed by atoms with Gasteiger partial charge in [-0.2, -0.15) is 0 Å². The second-order valence-corrected chi connectivity index (χ2v) is 6.83. The molecule has 1 aromatic rings. The van der Waals surface area contributed by atoms with E-state index in [-0.39, 0.29) is 23.5 Å². The molecule has 0 unspecified atom stereocenters. The van der Waals surface area contributed by atoms with Crippen LogP contribution in [-0.2, 0) is 9.59 Å². The van der Waals surface area contributed by atoms with Gasteiger partial charge in [0.05, 0.1) is 7.11 Å². The number of methoxy groups -OCH3 is 1. The molecule has 1 N–H and O–H groups in total. The fourth-order valence-electron chi connectivity index (χ4n) is 2.82. The van der Waals surface area contributed by atoms with Crippen LogP contribution in [0, 0.1) is 0 Å². The molecule has 2 aliphatic heterocycles. The van der Waals surface area contributed by atoms with Gasteiger partial charge >= 0.3 is 0 Å². The van der Waals surface area contributed by atoms with Crippen molar-refractivity contribution in [2.24, 2.45) is 0 Å². The summed E-state index contributed by atoms with van der Waals surface area (Å²) in [6.07, 6.45) is 0.0742. The number of amides is 3. The molecule has 24 heavy (non-hydrogen) atoms. The molecule has 2 fully saturated rings. The average Bonchev–Trinajstić information content (AvgIpc) is 2.92. The third-order valence-electron chi connectivity index (χ3n) is 4.20. The van der Waals surface area contributed by atoms with Gasteiger partial charge in [-0.05, 0) is 24.3 Å². The number of anilines is 1. The molecule has 3 rings (SSSR count). The van der Waals surface area contributed by atoms with Crippen molar-refractivity contribution in [1.29, 1.82) is 0 Å². The number of benzene rings is 1. The molecule has 2 heterocycles. The highest BCUT2D eigenvalue weighted by Crippen LogP contribution is 2.24. The number of rotatable bonds is 4. The molecule has 0 bridgehead atoms. The molecule has 3 amide bonds. The van der Waals surface area contributed by atoms with Crippen molar-refractivity contribution >= 4 is 34.5 Å². The smallest absolute Gasteiger partial charge is 0.286 e. The zero-order valence-corrected chi connectivity index (χ0v) is 14.2. The van der Waals surface area contributed by atoms with Gasteiger partial charge < -0.3 is 14.5 Å². The predicted molar refractivity (Wildman–Crippen MR) is 91.3 cm³/mol. The van der Waals surface area contributed by atoms with Gasteiger partial charge in [0.2, 0.25) is 11.8 Å². The molecule has 2 saturated heterocycles. The van der Waals surface area contributed by atoms with E-state index in [9.17, 15) is 14.4 Å². The van der Waals surface area contributed by atoms with Crippen molar-refractivity contribution in [3.63, 3.8) is 0 Å². The van der Waals surface area contributed by atoms with Gasteiger partial charge in [0.25, 0.3) is 5.24 Å². The van der Waals surface area contributed by atoms with E-state index in [0.29, 0.717) is 13.1 Å². The number of hydrogen-bond acceptors (Lipinski definition) is 6. The van der Waals surface area contributed by atoms with E-state index in [0.717, 1.165) is 36.3 Å². The zero-order chi connectivity index (χ0) is 17.1. The topological polar surface area (TPSA) is 79.0 Å². The van der Waals surface area contributed by atoms with Crippen LogP contribution in [0.25, 0.3) is 0 Å². The summed E-state index contributed by atoms with van der Waals surface area (Å²) in [5.74, 6) is 0.372. The van der Waals surface area contributed by atoms with Crippen LogP contribution in [-0.4, -0.2) is 60.5 Å². The van der Waals surface area contributed by atoms with Gasteiger partial charge in [-0.3, -0.25) is 19.7 Å². The van der Waals surface area contributed by atoms with E-state index in [1.807, 2.05) is 24.3 Å². The lowest BCUT2D eigenvalue weighted by Crippen LogP contribution is -2.49. The lowest BCUT2D eigenvalue weighted by atomic mass is 10.2. The quantitative estimate of drug-likeness (QED) is 0.876. The summed E-state index contributed by atoms with van der Waals surface area (Å²) in [7, 11) is 1.63. The molecule has 128 valence electrons. The third-order valence-corrected chi connectivity index (χ3v) is 5.18. The zero-order valence-electron chi connectivity index (χ0n) is 13.4. The molecule has 0 aliphatic carbocycles. The molecule has 0 spiro atoms. The Kier molecular flexibility index (Phi) is 4.94. The number of piperazine rings is 1. The fourth-order valence-corrected chi connectivity index (χ4v) is 3.63. The number of ether oxygens (including phenoxy) is 1. The Morgan fingerprint density at radius 3 is 2.42 bits per heavy atom. The summed E-state index contributed by atoms with van der Waals surface area (Å²) in [4.78, 5) is 39.0. The molecule has 1 atom stereocenters. The highest BCUT2D eigenvalue weighted by Gasteiger charge is 2.34. The monoisotopic (exact) mass is 349 g/mol. The number of hydrogen-bond donors (Lipinski definition) is 1. The maximum absolute atomic E-state index is 12.3. The minimum atomic E-state index is -0.593. The van der Waals surface area contributed by atoms with Gasteiger partial charge in [0.1, 0.15) is 11.0 Å². The minimum absolute atomic E-state index is 0.0742. The second kappa shape index (κ2) is 7.12. The van der Waals surface area contributed by atoms with E-state index in [1.54, 1.807) is 12.0 Å². The van der Waals surface area contributed by atoms with Crippen LogP contribution in [0.4, 0.5) is 10.5 Å². The van der Waals surface area contributed by atoms with Crippen molar-refractivity contribution in [2.75, 3.05) is 38.2 Å². The van der Waals surface area contributed by atoms with E-state index in [2.05, 4.69) is 10.2 Å². The first-order valence-corrected chi connectivity index (χ1v) is 8.63. The summed E-state index contributed by atoms with van der Waals surface area (Å²) in [5.41, 5.74) is 1.10. The van der Waals surface area contributed by atoms with Crippen molar-refractivity contribution in [3.05, 3.63) is 24.3 Å². The number of carbonyl (C=O) groups excluding carboxylic acids is 3. The maximum Gasteiger partial charge on any atom is 0.286 e. The second-order valence-electron chi connectivity index (χ2n) is 5.65. The molecule has 8 heteroatoms. The van der Waals surface area contributed by atoms with Crippen molar-refractivity contribution in [3.8, 4) is 5.75 Å². The van der Waals surface area contributed by atoms with Gasteiger partial charge in [-0.25, -0.2) is 0 Å². The average molecular weight is 349 g/mol. The lowest BCUT2D eigenvalue weighted by molar-refractivity contribution is -0.133. The number of imide groups is 1. The first kappa shape index (κ1) is 16.6. The van der Waals surface area contributed by atoms with Crippen LogP contribution in [0.2, 0.25) is 0 Å². The molecule has 0 saturated carbocycles. The molecular formula is C16H19N3O4S. The number of nitrogens with one attached hydrogen (secondary N) is 1. The van der Waals surface area contributed by atoms with Gasteiger partial charge in [-0.15, -0.1) is 0 Å². The van der Waals surface area contributed by atoms with Crippen LogP contribution in [0.5, 0.6) is 5.75 Å². The molecule has 1 aromatic carbocycles. The Hall–Kier alpha value is -2.22. The van der Waals surface area contributed by atoms with Gasteiger partial charge in [0, 0.05) is 38.3 Å². The Morgan fingerprint density at radius 1 is 1.21 bits per heavy atom. The van der Waals surface area contributed by atoms with Crippen LogP contribution in [0.1, 0.15) is 6.42 Å². The van der Waals surface area contributed by atoms with Crippen LogP contribution >= 0.6 is 11.8 Å². The highest BCUT2D eigenvalue weighted by molar-refractivity contribution is 8.15. The van der Waals surface area contributed by atoms with Crippen molar-refractivity contribution in [2.45, 2.75) is 11.7 Å². The highest BCUT2D eigenvalue weighted by atomic mass is 32.2. The molecule has 2 aliphatic rings. The van der Waals surface area contributed by atoms with Crippen molar-refractivity contribution < 1.29 is 19.1 Å². The minimum Gasteiger partial charge on any atom is -0.497 e. The Balaban J connectivity index is 1.51. The van der Waals surface area contributed by atoms with E-state index in [4.69, 9.17) is 4.74 Å². The maximum atomic E-state index is 12.3. The SMILES string of the molecule is COc1ccc(N2CCN(C(=O)C[C@H]3SC(=O)NC3=O)CC2)cc1. The van der Waals surface area contributed by atoms with Crippen LogP contribution in [0.3, 0.4) is 0 Å². The van der Waals surface area contributed by atoms with Crippen LogP contribution < -0.4 is 15.0 Å². The molecular weight excluding hydrogens is 330 g/mol. The summed E-state index contributed by atoms with van der Waals surface area (Å²) < 4.78 is 5.15. The predicted octanol–water partition coefficient (Wildman–Crippen LogP) is 1.09. The number of carbonyl (C=O) groups is 3. The summed E-state index contributed by atoms with van der Waals surface area (Å²) in [6, 6.07) is 7.84. The van der Waals surface area contributed by atoms with E-state index < -0.39 is 5.25 Å². The first-order chi connectivity index (χ1) is 11.6. The molecule has 0 aromatic heterocycles. The molecule has 7 nitrogen and oxygen atoms in total. The lowest BCUT2D eigenvalue weighted by Gasteiger charge is -2.36. The normalized spacial score (nSPS) is 21.0. The third kappa shape index (κ3) is 3.64. The van der Waals surface area contributed by atoms with Gasteiger partial charge in [-0.1, -0.05) is 11.8 Å². The Morgan fingerprint density at radius 2 is 1.88 bits per heavy atom. The first-order valence-electron chi connectivity index (χ1n) is 7.75. The van der Waals surface area contributed by atoms with Crippen molar-refractivity contribution in [1.82, 2.24) is 10.2 Å². The Labute approximate surface area is 144 Å². The summed E-state index contributed by atoms with van der Waals surface area (Å²) in [5, 5.41) is 1.24. The molecule has 0 radical (unpaired) electrons. The van der Waals surface area contributed by atoms with Crippen LogP contribution in [0.15, 0.2) is 24.3 Å². The van der Waals surface area contributed by atoms with E-state index in [1.165, 1.54) is 0 Å². The van der Waals surface area contributed by atoms with E-state index >= 15 is 0 Å². The fraction of sp³-hybridized carbons (Fsp3) is 0.438. The summed E-state index contributed by atoms with van der Waals surface area (Å²) >= 11 is 0.898. The number of thioether (sulfide) groups is 1.